The predicted octanol–water partition coefficient (Wildman–Crippen LogP) is 4.39. The van der Waals surface area contributed by atoms with E-state index in [9.17, 15) is 14.4 Å². The molecule has 35 heavy (non-hydrogen) atoms. The number of pyridine rings is 1. The summed E-state index contributed by atoms with van der Waals surface area (Å²) in [6.07, 6.45) is 3.44. The van der Waals surface area contributed by atoms with Crippen molar-refractivity contribution in [2.24, 2.45) is 0 Å². The highest BCUT2D eigenvalue weighted by Gasteiger charge is 2.19. The summed E-state index contributed by atoms with van der Waals surface area (Å²) in [5.74, 6) is -1.01. The second-order valence-corrected chi connectivity index (χ2v) is 8.34. The monoisotopic (exact) mass is 490 g/mol. The number of benzene rings is 2. The lowest BCUT2D eigenvalue weighted by molar-refractivity contribution is 0.0600. The highest BCUT2D eigenvalue weighted by molar-refractivity contribution is 6.33. The molecule has 2 aromatic heterocycles. The summed E-state index contributed by atoms with van der Waals surface area (Å²) in [6.45, 7) is 1.87. The van der Waals surface area contributed by atoms with Crippen LogP contribution in [-0.4, -0.2) is 48.6 Å². The Kier molecular flexibility index (Phi) is 6.57. The number of carbonyl (C=O) groups is 3. The lowest BCUT2D eigenvalue weighted by Gasteiger charge is -2.18. The number of esters is 1. The first-order valence-electron chi connectivity index (χ1n) is 10.7. The molecule has 0 bridgehead atoms. The molecule has 0 aliphatic carbocycles. The van der Waals surface area contributed by atoms with E-state index in [2.05, 4.69) is 10.4 Å². The highest BCUT2D eigenvalue weighted by Crippen LogP contribution is 2.28. The fraction of sp³-hybridized carbons (Fsp3) is 0.154. The predicted molar refractivity (Wildman–Crippen MR) is 134 cm³/mol. The van der Waals surface area contributed by atoms with Crippen LogP contribution in [0.2, 0.25) is 5.02 Å². The van der Waals surface area contributed by atoms with Gasteiger partial charge in [-0.25, -0.2) is 9.31 Å². The number of carbonyl (C=O) groups excluding carboxylic acids is 3. The average molecular weight is 491 g/mol. The van der Waals surface area contributed by atoms with Crippen LogP contribution in [0, 0.1) is 6.92 Å². The number of amides is 2. The van der Waals surface area contributed by atoms with Gasteiger partial charge < -0.3 is 15.0 Å². The van der Waals surface area contributed by atoms with Crippen LogP contribution in [0.1, 0.15) is 36.6 Å². The smallest absolute Gasteiger partial charge is 0.339 e. The molecule has 4 aromatic rings. The Morgan fingerprint density at radius 3 is 2.51 bits per heavy atom. The van der Waals surface area contributed by atoms with Crippen molar-refractivity contribution in [2.45, 2.75) is 6.92 Å². The minimum atomic E-state index is -0.583. The minimum Gasteiger partial charge on any atom is -0.465 e. The van der Waals surface area contributed by atoms with Gasteiger partial charge in [-0.15, -0.1) is 0 Å². The van der Waals surface area contributed by atoms with E-state index in [-0.39, 0.29) is 22.4 Å². The summed E-state index contributed by atoms with van der Waals surface area (Å²) in [4.78, 5) is 38.8. The van der Waals surface area contributed by atoms with Gasteiger partial charge in [0.2, 0.25) is 0 Å². The van der Waals surface area contributed by atoms with Crippen molar-refractivity contribution in [3.63, 3.8) is 0 Å². The number of rotatable bonds is 5. The maximum atomic E-state index is 13.3. The van der Waals surface area contributed by atoms with E-state index in [1.54, 1.807) is 61.3 Å². The molecule has 2 amide bonds. The quantitative estimate of drug-likeness (QED) is 0.419. The van der Waals surface area contributed by atoms with Gasteiger partial charge in [-0.3, -0.25) is 9.59 Å². The first-order valence-corrected chi connectivity index (χ1v) is 11.1. The number of halogens is 1. The van der Waals surface area contributed by atoms with Crippen molar-refractivity contribution < 1.29 is 19.1 Å². The van der Waals surface area contributed by atoms with E-state index >= 15 is 0 Å². The van der Waals surface area contributed by atoms with Crippen LogP contribution in [-0.2, 0) is 4.74 Å². The van der Waals surface area contributed by atoms with Crippen LogP contribution in [0.25, 0.3) is 16.6 Å². The van der Waals surface area contributed by atoms with Crippen LogP contribution in [0.3, 0.4) is 0 Å². The molecule has 2 aromatic carbocycles. The SMILES string of the molecule is CNC(=O)c1ccc(-c2cnn3ccc(C(=O)N(C)c4ccc(Cl)c(C(=O)OC)c4)cc23)cc1C. The fourth-order valence-electron chi connectivity index (χ4n) is 3.86. The summed E-state index contributed by atoms with van der Waals surface area (Å²) in [5, 5.41) is 7.27. The molecule has 0 fully saturated rings. The van der Waals surface area contributed by atoms with Crippen molar-refractivity contribution in [3.8, 4) is 11.1 Å². The van der Waals surface area contributed by atoms with Crippen molar-refractivity contribution in [1.82, 2.24) is 14.9 Å². The number of nitrogens with zero attached hydrogens (tertiary/aromatic N) is 3. The zero-order valence-corrected chi connectivity index (χ0v) is 20.4. The van der Waals surface area contributed by atoms with Crippen molar-refractivity contribution in [2.75, 3.05) is 26.1 Å². The summed E-state index contributed by atoms with van der Waals surface area (Å²) in [5.41, 5.74) is 4.98. The number of aryl methyl sites for hydroxylation is 1. The number of nitrogens with one attached hydrogen (secondary N) is 1. The van der Waals surface area contributed by atoms with Crippen LogP contribution < -0.4 is 10.2 Å². The van der Waals surface area contributed by atoms with E-state index in [1.165, 1.54) is 18.1 Å². The molecule has 8 nitrogen and oxygen atoms in total. The van der Waals surface area contributed by atoms with Gasteiger partial charge in [-0.05, 0) is 54.4 Å². The second-order valence-electron chi connectivity index (χ2n) is 7.93. The number of hydrogen-bond donors (Lipinski definition) is 1. The normalized spacial score (nSPS) is 10.8. The molecule has 0 atom stereocenters. The van der Waals surface area contributed by atoms with Crippen LogP contribution >= 0.6 is 11.6 Å². The number of anilines is 1. The second kappa shape index (κ2) is 9.60. The third kappa shape index (κ3) is 4.48. The summed E-state index contributed by atoms with van der Waals surface area (Å²) < 4.78 is 6.45. The maximum Gasteiger partial charge on any atom is 0.339 e. The molecule has 178 valence electrons. The molecule has 0 radical (unpaired) electrons. The highest BCUT2D eigenvalue weighted by atomic mass is 35.5. The van der Waals surface area contributed by atoms with E-state index in [0.717, 1.165) is 22.2 Å². The maximum absolute atomic E-state index is 13.3. The number of aromatic nitrogens is 2. The topological polar surface area (TPSA) is 93.0 Å². The molecule has 0 saturated carbocycles. The molecule has 9 heteroatoms. The molecular formula is C26H23ClN4O4. The summed E-state index contributed by atoms with van der Waals surface area (Å²) >= 11 is 6.11. The fourth-order valence-corrected chi connectivity index (χ4v) is 4.05. The third-order valence-corrected chi connectivity index (χ3v) is 6.15. The number of methoxy groups -OCH3 is 1. The number of ether oxygens (including phenoxy) is 1. The number of fused-ring (bicyclic) bond motifs is 1. The zero-order valence-electron chi connectivity index (χ0n) is 19.6. The lowest BCUT2D eigenvalue weighted by atomic mass is 10.00. The molecule has 0 aliphatic heterocycles. The van der Waals surface area contributed by atoms with Gasteiger partial charge in [0.15, 0.2) is 0 Å². The van der Waals surface area contributed by atoms with Crippen molar-refractivity contribution in [1.29, 1.82) is 0 Å². The molecule has 0 saturated heterocycles. The van der Waals surface area contributed by atoms with Gasteiger partial charge in [0.25, 0.3) is 11.8 Å². The Bertz CT molecular complexity index is 1480. The van der Waals surface area contributed by atoms with E-state index in [4.69, 9.17) is 16.3 Å². The largest absolute Gasteiger partial charge is 0.465 e. The van der Waals surface area contributed by atoms with Crippen molar-refractivity contribution in [3.05, 3.63) is 88.2 Å². The minimum absolute atomic E-state index is 0.151. The van der Waals surface area contributed by atoms with Crippen LogP contribution in [0.15, 0.2) is 60.9 Å². The third-order valence-electron chi connectivity index (χ3n) is 5.82. The Hall–Kier alpha value is -4.17. The lowest BCUT2D eigenvalue weighted by Crippen LogP contribution is -2.26. The Morgan fingerprint density at radius 2 is 1.83 bits per heavy atom. The van der Waals surface area contributed by atoms with E-state index < -0.39 is 5.97 Å². The van der Waals surface area contributed by atoms with Gasteiger partial charge in [0.1, 0.15) is 0 Å². The zero-order chi connectivity index (χ0) is 25.3. The molecule has 0 aliphatic rings. The summed E-state index contributed by atoms with van der Waals surface area (Å²) in [6, 6.07) is 13.7. The molecular weight excluding hydrogens is 468 g/mol. The van der Waals surface area contributed by atoms with Crippen LogP contribution in [0.4, 0.5) is 5.69 Å². The standard InChI is InChI=1S/C26H23ClN4O4/c1-15-11-16(5-7-19(15)24(32)28-2)21-14-29-31-10-9-17(12-23(21)31)25(33)30(3)18-6-8-22(27)20(13-18)26(34)35-4/h5-14H,1-4H3,(H,28,32). The first-order chi connectivity index (χ1) is 16.7. The Labute approximate surface area is 207 Å². The van der Waals surface area contributed by atoms with Crippen LogP contribution in [0.5, 0.6) is 0 Å². The Morgan fingerprint density at radius 1 is 1.06 bits per heavy atom. The van der Waals surface area contributed by atoms with E-state index in [0.29, 0.717) is 16.8 Å². The Balaban J connectivity index is 1.70. The van der Waals surface area contributed by atoms with Gasteiger partial charge in [0, 0.05) is 42.7 Å². The molecule has 0 spiro atoms. The molecule has 4 rings (SSSR count). The molecule has 2 heterocycles. The molecule has 0 unspecified atom stereocenters. The average Bonchev–Trinajstić information content (AvgIpc) is 3.30. The molecule has 1 N–H and O–H groups in total. The van der Waals surface area contributed by atoms with Gasteiger partial charge in [-0.2, -0.15) is 5.10 Å². The van der Waals surface area contributed by atoms with E-state index in [1.807, 2.05) is 19.1 Å². The number of hydrogen-bond acceptors (Lipinski definition) is 5. The summed E-state index contributed by atoms with van der Waals surface area (Å²) in [7, 11) is 4.48. The van der Waals surface area contributed by atoms with Crippen molar-refractivity contribution >= 4 is 40.6 Å². The first kappa shape index (κ1) is 24.0. The van der Waals surface area contributed by atoms with Gasteiger partial charge in [0.05, 0.1) is 29.4 Å². The van der Waals surface area contributed by atoms with Gasteiger partial charge >= 0.3 is 5.97 Å². The van der Waals surface area contributed by atoms with Gasteiger partial charge in [-0.1, -0.05) is 23.7 Å².